The number of hydrogen-bond donors (Lipinski definition) is 5. The van der Waals surface area contributed by atoms with Crippen molar-refractivity contribution >= 4 is 53.1 Å². The van der Waals surface area contributed by atoms with Crippen LogP contribution >= 0.6 is 12.4 Å². The number of H-pyrrole nitrogens is 1. The van der Waals surface area contributed by atoms with Gasteiger partial charge in [0.25, 0.3) is 23.4 Å². The third-order valence-electron chi connectivity index (χ3n) is 5.63. The van der Waals surface area contributed by atoms with Gasteiger partial charge < -0.3 is 40.0 Å². The number of nitrogens with zero attached hydrogens (tertiary/aromatic N) is 5. The van der Waals surface area contributed by atoms with Crippen molar-refractivity contribution in [1.82, 2.24) is 29.0 Å². The van der Waals surface area contributed by atoms with Crippen molar-refractivity contribution in [3.8, 4) is 0 Å². The van der Waals surface area contributed by atoms with Crippen molar-refractivity contribution in [2.45, 2.75) is 0 Å². The molecular weight excluding hydrogens is 532 g/mol. The molecule has 0 aliphatic heterocycles. The Balaban J connectivity index is 0.00000420. The van der Waals surface area contributed by atoms with Gasteiger partial charge in [-0.1, -0.05) is 0 Å². The lowest BCUT2D eigenvalue weighted by atomic mass is 10.3. The van der Waals surface area contributed by atoms with E-state index in [1.807, 2.05) is 0 Å². The van der Waals surface area contributed by atoms with E-state index in [4.69, 9.17) is 0 Å². The van der Waals surface area contributed by atoms with E-state index in [1.165, 1.54) is 34.5 Å². The highest BCUT2D eigenvalue weighted by molar-refractivity contribution is 6.07. The molecule has 0 aliphatic carbocycles. The van der Waals surface area contributed by atoms with Gasteiger partial charge in [-0.15, -0.1) is 12.4 Å². The first-order valence-corrected chi connectivity index (χ1v) is 11.4. The molecule has 4 heterocycles. The number of carbonyl (C=O) groups excluding carboxylic acids is 3. The van der Waals surface area contributed by atoms with E-state index in [-0.39, 0.29) is 35.4 Å². The van der Waals surface area contributed by atoms with Gasteiger partial charge in [-0.2, -0.15) is 0 Å². The maximum absolute atomic E-state index is 12.9. The molecule has 16 heteroatoms. The van der Waals surface area contributed by atoms with E-state index in [0.29, 0.717) is 36.1 Å². The van der Waals surface area contributed by atoms with Gasteiger partial charge in [-0.05, 0) is 12.1 Å². The highest BCUT2D eigenvalue weighted by Crippen LogP contribution is 2.20. The van der Waals surface area contributed by atoms with Gasteiger partial charge in [0.15, 0.2) is 5.95 Å². The summed E-state index contributed by atoms with van der Waals surface area (Å²) in [6.07, 6.45) is 7.71. The Hall–Kier alpha value is -5.05. The van der Waals surface area contributed by atoms with Crippen LogP contribution in [0.5, 0.6) is 0 Å². The predicted molar refractivity (Wildman–Crippen MR) is 145 cm³/mol. The summed E-state index contributed by atoms with van der Waals surface area (Å²) >= 11 is 0. The molecular formula is C23H27ClN10O5. The van der Waals surface area contributed by atoms with Crippen LogP contribution in [-0.4, -0.2) is 59.4 Å². The van der Waals surface area contributed by atoms with Crippen LogP contribution in [0, 0.1) is 10.1 Å². The molecule has 0 bridgehead atoms. The maximum Gasteiger partial charge on any atom is 0.287 e. The normalized spacial score (nSPS) is 10.4. The minimum atomic E-state index is -0.583. The summed E-state index contributed by atoms with van der Waals surface area (Å²) in [7, 11) is 4.85. The molecule has 0 atom stereocenters. The molecule has 0 fully saturated rings. The van der Waals surface area contributed by atoms with E-state index in [1.54, 1.807) is 49.5 Å². The molecule has 0 saturated carbocycles. The van der Waals surface area contributed by atoms with Gasteiger partial charge in [-0.25, -0.2) is 4.98 Å². The van der Waals surface area contributed by atoms with Crippen LogP contribution in [-0.2, 0) is 21.1 Å². The predicted octanol–water partition coefficient (Wildman–Crippen LogP) is 2.10. The van der Waals surface area contributed by atoms with E-state index < -0.39 is 16.7 Å². The van der Waals surface area contributed by atoms with Crippen LogP contribution < -0.4 is 21.3 Å². The second-order valence-corrected chi connectivity index (χ2v) is 8.43. The number of carbonyl (C=O) groups is 3. The monoisotopic (exact) mass is 558 g/mol. The van der Waals surface area contributed by atoms with Gasteiger partial charge in [-0.3, -0.25) is 24.5 Å². The Morgan fingerprint density at radius 2 is 1.41 bits per heavy atom. The number of nitro groups is 1. The molecule has 39 heavy (non-hydrogen) atoms. The fourth-order valence-electron chi connectivity index (χ4n) is 3.79. The highest BCUT2D eigenvalue weighted by atomic mass is 35.5. The second-order valence-electron chi connectivity index (χ2n) is 8.43. The highest BCUT2D eigenvalue weighted by Gasteiger charge is 2.20. The number of rotatable bonds is 10. The Morgan fingerprint density at radius 3 is 1.92 bits per heavy atom. The summed E-state index contributed by atoms with van der Waals surface area (Å²) in [6, 6.07) is 4.21. The van der Waals surface area contributed by atoms with Crippen molar-refractivity contribution in [3.05, 3.63) is 76.4 Å². The first-order chi connectivity index (χ1) is 18.1. The molecule has 3 amide bonds. The zero-order valence-corrected chi connectivity index (χ0v) is 22.0. The molecule has 0 spiro atoms. The molecule has 5 N–H and O–H groups in total. The number of aromatic amines is 1. The van der Waals surface area contributed by atoms with Gasteiger partial charge in [0.2, 0.25) is 0 Å². The Kier molecular flexibility index (Phi) is 8.77. The molecule has 0 unspecified atom stereocenters. The van der Waals surface area contributed by atoms with Crippen molar-refractivity contribution in [2.24, 2.45) is 21.1 Å². The molecule has 0 saturated heterocycles. The lowest BCUT2D eigenvalue weighted by molar-refractivity contribution is -0.384. The molecule has 206 valence electrons. The smallest absolute Gasteiger partial charge is 0.287 e. The minimum Gasteiger partial charge on any atom is -0.354 e. The fourth-order valence-corrected chi connectivity index (χ4v) is 3.79. The summed E-state index contributed by atoms with van der Waals surface area (Å²) < 4.78 is 4.48. The standard InChI is InChI=1S/C23H26N10O5.ClH/c1-30-11-14(8-17(30)20(34)24-4-5-25-23-26-6-7-27-23)28-21(35)18-9-15(12-31(18)2)29-22(36)19-10-16(33(37)38)13-32(19)3;/h6-13H,4-5H2,1-3H3,(H,24,34)(H,28,35)(H,29,36)(H2,25,26,27);1H. The lowest BCUT2D eigenvalue weighted by Gasteiger charge is -2.06. The Bertz CT molecular complexity index is 1500. The molecule has 0 radical (unpaired) electrons. The van der Waals surface area contributed by atoms with Crippen molar-refractivity contribution in [3.63, 3.8) is 0 Å². The average molecular weight is 559 g/mol. The molecule has 0 aliphatic rings. The van der Waals surface area contributed by atoms with Crippen LogP contribution in [0.1, 0.15) is 31.5 Å². The van der Waals surface area contributed by atoms with E-state index in [9.17, 15) is 24.5 Å². The van der Waals surface area contributed by atoms with E-state index in [0.717, 1.165) is 0 Å². The quantitative estimate of drug-likeness (QED) is 0.112. The molecule has 4 aromatic rings. The number of aryl methyl sites for hydroxylation is 3. The van der Waals surface area contributed by atoms with Crippen molar-refractivity contribution < 1.29 is 19.3 Å². The van der Waals surface area contributed by atoms with Gasteiger partial charge in [0.1, 0.15) is 17.1 Å². The van der Waals surface area contributed by atoms with Crippen LogP contribution in [0.4, 0.5) is 23.0 Å². The average Bonchev–Trinajstić information content (AvgIpc) is 3.64. The van der Waals surface area contributed by atoms with Gasteiger partial charge >= 0.3 is 0 Å². The number of hydrogen-bond acceptors (Lipinski definition) is 7. The van der Waals surface area contributed by atoms with Crippen LogP contribution in [0.15, 0.2) is 49.2 Å². The first kappa shape index (κ1) is 28.5. The van der Waals surface area contributed by atoms with Gasteiger partial charge in [0, 0.05) is 65.1 Å². The molecule has 0 aromatic carbocycles. The Morgan fingerprint density at radius 1 is 0.872 bits per heavy atom. The lowest BCUT2D eigenvalue weighted by Crippen LogP contribution is -2.30. The SMILES string of the molecule is Cl.Cn1cc(NC(=O)c2cc(NC(=O)c3cc([N+](=O)[O-])cn3C)cn2C)cc1C(=O)NCCNc1ncc[nH]1. The van der Waals surface area contributed by atoms with Crippen LogP contribution in [0.25, 0.3) is 0 Å². The summed E-state index contributed by atoms with van der Waals surface area (Å²) in [4.78, 5) is 55.4. The number of anilines is 3. The first-order valence-electron chi connectivity index (χ1n) is 11.4. The maximum atomic E-state index is 12.9. The topological polar surface area (TPSA) is 186 Å². The number of nitrogens with one attached hydrogen (secondary N) is 5. The number of aromatic nitrogens is 5. The van der Waals surface area contributed by atoms with Crippen molar-refractivity contribution in [1.29, 1.82) is 0 Å². The third kappa shape index (κ3) is 6.64. The summed E-state index contributed by atoms with van der Waals surface area (Å²) in [5.74, 6) is -0.714. The van der Waals surface area contributed by atoms with E-state index >= 15 is 0 Å². The van der Waals surface area contributed by atoms with Gasteiger partial charge in [0.05, 0.1) is 22.5 Å². The van der Waals surface area contributed by atoms with Crippen LogP contribution in [0.2, 0.25) is 0 Å². The molecule has 4 aromatic heterocycles. The summed E-state index contributed by atoms with van der Waals surface area (Å²) in [5.41, 5.74) is 1.25. The molecule has 4 rings (SSSR count). The minimum absolute atomic E-state index is 0. The number of imidazole rings is 1. The zero-order valence-electron chi connectivity index (χ0n) is 21.2. The van der Waals surface area contributed by atoms with Crippen LogP contribution in [0.3, 0.4) is 0 Å². The van der Waals surface area contributed by atoms with E-state index in [2.05, 4.69) is 31.2 Å². The third-order valence-corrected chi connectivity index (χ3v) is 5.63. The Labute approximate surface area is 228 Å². The van der Waals surface area contributed by atoms with Crippen molar-refractivity contribution in [2.75, 3.05) is 29.0 Å². The fraction of sp³-hybridized carbons (Fsp3) is 0.217. The zero-order chi connectivity index (χ0) is 27.4. The number of halogens is 1. The summed E-state index contributed by atoms with van der Waals surface area (Å²) in [5, 5.41) is 22.2. The molecule has 15 nitrogen and oxygen atoms in total. The largest absolute Gasteiger partial charge is 0.354 e. The number of amides is 3. The second kappa shape index (κ2) is 12.0. The summed E-state index contributed by atoms with van der Waals surface area (Å²) in [6.45, 7) is 0.834.